The van der Waals surface area contributed by atoms with E-state index in [0.29, 0.717) is 21.9 Å². The van der Waals surface area contributed by atoms with Crippen molar-refractivity contribution in [3.63, 3.8) is 0 Å². The minimum atomic E-state index is -1.15. The number of rotatable bonds is 3. The summed E-state index contributed by atoms with van der Waals surface area (Å²) < 4.78 is 6.20. The zero-order valence-corrected chi connectivity index (χ0v) is 24.9. The highest BCUT2D eigenvalue weighted by molar-refractivity contribution is 6.44. The Morgan fingerprint density at radius 2 is 0.792 bits per heavy atom. The summed E-state index contributed by atoms with van der Waals surface area (Å²) >= 11 is 0. The van der Waals surface area contributed by atoms with Gasteiger partial charge in [0.25, 0.3) is 0 Å². The Balaban J connectivity index is 1.50. The van der Waals surface area contributed by atoms with Crippen LogP contribution in [0.15, 0.2) is 95.4 Å². The fourth-order valence-corrected chi connectivity index (χ4v) is 6.86. The number of phenolic OH excluding ortho intramolecular Hbond substituents is 7. The van der Waals surface area contributed by atoms with E-state index < -0.39 is 62.3 Å². The van der Waals surface area contributed by atoms with E-state index in [1.165, 1.54) is 0 Å². The zero-order chi connectivity index (χ0) is 33.6. The fraction of sp³-hybridized carbons (Fsp3) is 0. The normalized spacial score (nSPS) is 11.7. The molecule has 8 aromatic rings. The number of para-hydroxylation sites is 1. The Morgan fingerprint density at radius 1 is 0.354 bits per heavy atom. The standard InChI is InChI=1S/C38H22B2O8/c39-30-27(28-31(40)36(45)38(47)37(46)34(28)43)33(42)35(44)29(32(30)41)26-18-10-3-1-8-16(18)24(17-9-2-4-11-19(17)26)21-13-7-15-23-25(21)20-12-5-6-14-22(20)48-23/h1-15,41-47H. The first-order chi connectivity index (χ1) is 23.1. The van der Waals surface area contributed by atoms with Crippen LogP contribution in [-0.2, 0) is 0 Å². The van der Waals surface area contributed by atoms with Crippen molar-refractivity contribution in [2.45, 2.75) is 0 Å². The summed E-state index contributed by atoms with van der Waals surface area (Å²) in [5.74, 6) is -6.68. The lowest BCUT2D eigenvalue weighted by Gasteiger charge is -2.23. The van der Waals surface area contributed by atoms with Crippen molar-refractivity contribution in [3.8, 4) is 73.6 Å². The van der Waals surface area contributed by atoms with Crippen molar-refractivity contribution >= 4 is 70.1 Å². The lowest BCUT2D eigenvalue weighted by Crippen LogP contribution is -2.16. The summed E-state index contributed by atoms with van der Waals surface area (Å²) in [7, 11) is 12.3. The monoisotopic (exact) mass is 628 g/mol. The van der Waals surface area contributed by atoms with E-state index >= 15 is 0 Å². The van der Waals surface area contributed by atoms with E-state index in [-0.39, 0.29) is 5.56 Å². The second-order valence-electron chi connectivity index (χ2n) is 11.5. The summed E-state index contributed by atoms with van der Waals surface area (Å²) in [6.07, 6.45) is 0. The Morgan fingerprint density at radius 3 is 1.40 bits per heavy atom. The molecule has 0 amide bonds. The van der Waals surface area contributed by atoms with Gasteiger partial charge in [0.05, 0.1) is 5.56 Å². The van der Waals surface area contributed by atoms with Crippen molar-refractivity contribution < 1.29 is 40.2 Å². The van der Waals surface area contributed by atoms with E-state index in [1.807, 2.05) is 91.0 Å². The first-order valence-corrected chi connectivity index (χ1v) is 14.8. The molecule has 1 heterocycles. The topological polar surface area (TPSA) is 155 Å². The highest BCUT2D eigenvalue weighted by Crippen LogP contribution is 2.55. The van der Waals surface area contributed by atoms with Crippen molar-refractivity contribution in [1.29, 1.82) is 0 Å². The van der Waals surface area contributed by atoms with E-state index in [0.717, 1.165) is 38.3 Å². The van der Waals surface area contributed by atoms with Gasteiger partial charge in [-0.3, -0.25) is 0 Å². The van der Waals surface area contributed by atoms with Gasteiger partial charge < -0.3 is 40.2 Å². The Bertz CT molecular complexity index is 2560. The summed E-state index contributed by atoms with van der Waals surface area (Å²) in [4.78, 5) is 0. The quantitative estimate of drug-likeness (QED) is 0.0512. The van der Waals surface area contributed by atoms with Gasteiger partial charge in [-0.2, -0.15) is 0 Å². The number of hydrogen-bond acceptors (Lipinski definition) is 8. The molecule has 0 aliphatic heterocycles. The van der Waals surface area contributed by atoms with E-state index in [2.05, 4.69) is 0 Å². The fourth-order valence-electron chi connectivity index (χ4n) is 6.86. The molecule has 0 aliphatic rings. The molecule has 48 heavy (non-hydrogen) atoms. The maximum atomic E-state index is 11.7. The van der Waals surface area contributed by atoms with Crippen LogP contribution < -0.4 is 10.9 Å². The van der Waals surface area contributed by atoms with Crippen LogP contribution in [-0.4, -0.2) is 51.4 Å². The lowest BCUT2D eigenvalue weighted by molar-refractivity contribution is 0.348. The van der Waals surface area contributed by atoms with Crippen LogP contribution in [0, 0.1) is 0 Å². The van der Waals surface area contributed by atoms with Crippen molar-refractivity contribution in [2.24, 2.45) is 0 Å². The minimum Gasteiger partial charge on any atom is -0.508 e. The van der Waals surface area contributed by atoms with Crippen LogP contribution in [0.1, 0.15) is 0 Å². The lowest BCUT2D eigenvalue weighted by atomic mass is 9.76. The number of benzene rings is 7. The zero-order valence-electron chi connectivity index (χ0n) is 24.9. The minimum absolute atomic E-state index is 0.204. The van der Waals surface area contributed by atoms with Crippen LogP contribution in [0.25, 0.3) is 76.9 Å². The van der Waals surface area contributed by atoms with Gasteiger partial charge in [0.2, 0.25) is 11.5 Å². The summed E-state index contributed by atoms with van der Waals surface area (Å²) in [6.45, 7) is 0. The molecular weight excluding hydrogens is 606 g/mol. The molecule has 0 fully saturated rings. The predicted octanol–water partition coefficient (Wildman–Crippen LogP) is 6.42. The molecule has 8 nitrogen and oxygen atoms in total. The third kappa shape index (κ3) is 3.80. The molecule has 4 radical (unpaired) electrons. The molecule has 7 N–H and O–H groups in total. The van der Waals surface area contributed by atoms with Crippen molar-refractivity contribution in [1.82, 2.24) is 0 Å². The van der Waals surface area contributed by atoms with Gasteiger partial charge in [0.1, 0.15) is 32.6 Å². The first-order valence-electron chi connectivity index (χ1n) is 14.8. The van der Waals surface area contributed by atoms with Gasteiger partial charge in [0, 0.05) is 27.5 Å². The van der Waals surface area contributed by atoms with Crippen LogP contribution in [0.5, 0.6) is 40.2 Å². The van der Waals surface area contributed by atoms with Gasteiger partial charge in [-0.15, -0.1) is 0 Å². The molecule has 0 saturated carbocycles. The van der Waals surface area contributed by atoms with Gasteiger partial charge >= 0.3 is 0 Å². The van der Waals surface area contributed by atoms with Crippen molar-refractivity contribution in [2.75, 3.05) is 0 Å². The molecule has 7 aromatic carbocycles. The summed E-state index contributed by atoms with van der Waals surface area (Å²) in [5, 5.41) is 80.5. The molecule has 0 aliphatic carbocycles. The first kappa shape index (κ1) is 29.0. The number of furan rings is 1. The number of phenols is 7. The third-order valence-corrected chi connectivity index (χ3v) is 9.00. The average molecular weight is 628 g/mol. The second kappa shape index (κ2) is 10.3. The smallest absolute Gasteiger partial charge is 0.204 e. The van der Waals surface area contributed by atoms with Crippen molar-refractivity contribution in [3.05, 3.63) is 91.0 Å². The third-order valence-electron chi connectivity index (χ3n) is 9.00. The largest absolute Gasteiger partial charge is 0.508 e. The van der Waals surface area contributed by atoms with Crippen LogP contribution in [0.4, 0.5) is 0 Å². The van der Waals surface area contributed by atoms with E-state index in [9.17, 15) is 35.7 Å². The van der Waals surface area contributed by atoms with Gasteiger partial charge in [-0.25, -0.2) is 0 Å². The maximum Gasteiger partial charge on any atom is 0.204 e. The molecule has 0 unspecified atom stereocenters. The van der Waals surface area contributed by atoms with Crippen LogP contribution in [0.3, 0.4) is 0 Å². The second-order valence-corrected chi connectivity index (χ2v) is 11.5. The number of aromatic hydroxyl groups is 7. The van der Waals surface area contributed by atoms with Gasteiger partial charge in [0.15, 0.2) is 23.0 Å². The molecule has 1 aromatic heterocycles. The van der Waals surface area contributed by atoms with E-state index in [1.54, 1.807) is 0 Å². The molecule has 228 valence electrons. The predicted molar refractivity (Wildman–Crippen MR) is 187 cm³/mol. The molecule has 0 saturated heterocycles. The van der Waals surface area contributed by atoms with Gasteiger partial charge in [-0.1, -0.05) is 78.9 Å². The molecule has 0 spiro atoms. The summed E-state index contributed by atoms with van der Waals surface area (Å²) in [5.41, 5.74) is 1.01. The Hall–Kier alpha value is -6.41. The number of fused-ring (bicyclic) bond motifs is 5. The molecule has 0 atom stereocenters. The molecule has 0 bridgehead atoms. The summed E-state index contributed by atoms with van der Waals surface area (Å²) in [6, 6.07) is 28.5. The number of hydrogen-bond donors (Lipinski definition) is 7. The molecule has 8 rings (SSSR count). The van der Waals surface area contributed by atoms with E-state index in [4.69, 9.17) is 20.1 Å². The highest BCUT2D eigenvalue weighted by atomic mass is 16.3. The maximum absolute atomic E-state index is 11.7. The molecular formula is C38H22B2O8. The SMILES string of the molecule is [B]c1c(O)c(O)c(O)c(O)c1-c1c([B])c(O)c(-c2c3ccccc3c(-c3cccc4oc5ccccc5c34)c3ccccc23)c(O)c1O. The highest BCUT2D eigenvalue weighted by Gasteiger charge is 2.31. The average Bonchev–Trinajstić information content (AvgIpc) is 3.49. The Labute approximate surface area is 274 Å². The molecule has 10 heteroatoms. The van der Waals surface area contributed by atoms with Crippen LogP contribution in [0.2, 0.25) is 0 Å². The van der Waals surface area contributed by atoms with Crippen LogP contribution >= 0.6 is 0 Å². The van der Waals surface area contributed by atoms with Gasteiger partial charge in [-0.05, 0) is 55.7 Å². The Kier molecular flexibility index (Phi) is 6.23.